The van der Waals surface area contributed by atoms with E-state index >= 15 is 0 Å². The maximum absolute atomic E-state index is 11.8. The minimum atomic E-state index is -0.172. The van der Waals surface area contributed by atoms with E-state index in [9.17, 15) is 4.79 Å². The van der Waals surface area contributed by atoms with Crippen LogP contribution in [0.5, 0.6) is 0 Å². The van der Waals surface area contributed by atoms with Crippen molar-refractivity contribution in [1.82, 2.24) is 10.3 Å². The molecule has 1 amide bonds. The smallest absolute Gasteiger partial charge is 0.271 e. The third kappa shape index (κ3) is 5.14. The molecule has 0 bridgehead atoms. The highest BCUT2D eigenvalue weighted by Gasteiger charge is 2.11. The number of amides is 1. The van der Waals surface area contributed by atoms with E-state index in [4.69, 9.17) is 4.74 Å². The second-order valence-electron chi connectivity index (χ2n) is 3.43. The summed E-state index contributed by atoms with van der Waals surface area (Å²) in [5.74, 6) is -0.172. The third-order valence-electron chi connectivity index (χ3n) is 2.06. The lowest BCUT2D eigenvalue weighted by Crippen LogP contribution is -2.27. The van der Waals surface area contributed by atoms with Gasteiger partial charge in [-0.1, -0.05) is 15.9 Å². The van der Waals surface area contributed by atoms with Gasteiger partial charge in [-0.2, -0.15) is 0 Å². The minimum absolute atomic E-state index is 0.172. The van der Waals surface area contributed by atoms with Gasteiger partial charge in [0.2, 0.25) is 0 Å². The fourth-order valence-corrected chi connectivity index (χ4v) is 2.17. The van der Waals surface area contributed by atoms with Crippen LogP contribution in [0.1, 0.15) is 16.9 Å². The Bertz CT molecular complexity index is 374. The fraction of sp³-hybridized carbons (Fsp3) is 0.455. The number of nitrogens with one attached hydrogen (secondary N) is 1. The van der Waals surface area contributed by atoms with E-state index in [1.54, 1.807) is 25.4 Å². The Labute approximate surface area is 117 Å². The van der Waals surface area contributed by atoms with Crippen LogP contribution in [-0.2, 0) is 4.74 Å². The van der Waals surface area contributed by atoms with Crippen LogP contribution in [0.3, 0.4) is 0 Å². The van der Waals surface area contributed by atoms with Gasteiger partial charge in [0.05, 0.1) is 6.61 Å². The van der Waals surface area contributed by atoms with Gasteiger partial charge in [0.15, 0.2) is 0 Å². The molecule has 0 aliphatic rings. The predicted octanol–water partition coefficient (Wildman–Crippen LogP) is 2.37. The second-order valence-corrected chi connectivity index (χ2v) is 5.58. The van der Waals surface area contributed by atoms with Gasteiger partial charge in [-0.05, 0) is 34.5 Å². The molecule has 1 N–H and O–H groups in total. The van der Waals surface area contributed by atoms with Crippen molar-refractivity contribution >= 4 is 37.8 Å². The molecule has 1 rings (SSSR count). The van der Waals surface area contributed by atoms with Crippen molar-refractivity contribution in [2.24, 2.45) is 0 Å². The number of ether oxygens (including phenoxy) is 1. The van der Waals surface area contributed by atoms with Gasteiger partial charge in [0.25, 0.3) is 5.91 Å². The molecule has 0 saturated heterocycles. The summed E-state index contributed by atoms with van der Waals surface area (Å²) in [6, 6.07) is 3.56. The van der Waals surface area contributed by atoms with Crippen molar-refractivity contribution in [2.45, 2.75) is 11.2 Å². The van der Waals surface area contributed by atoms with Gasteiger partial charge in [-0.25, -0.2) is 4.98 Å². The number of hydrogen-bond donors (Lipinski definition) is 1. The highest BCUT2D eigenvalue weighted by atomic mass is 79.9. The van der Waals surface area contributed by atoms with Crippen molar-refractivity contribution in [2.75, 3.05) is 20.3 Å². The lowest BCUT2D eigenvalue weighted by Gasteiger charge is -2.09. The van der Waals surface area contributed by atoms with Crippen LogP contribution in [0, 0.1) is 0 Å². The molecule has 0 aliphatic heterocycles. The molecule has 1 heterocycles. The van der Waals surface area contributed by atoms with E-state index in [1.165, 1.54) is 0 Å². The molecule has 0 radical (unpaired) electrons. The highest BCUT2D eigenvalue weighted by molar-refractivity contribution is 9.10. The molecule has 0 aromatic carbocycles. The van der Waals surface area contributed by atoms with Gasteiger partial charge >= 0.3 is 0 Å². The zero-order valence-electron chi connectivity index (χ0n) is 9.45. The standard InChI is InChI=1S/C11H14Br2N2O2/c1-17-7-8(12)4-6-15-11(16)10-9(13)3-2-5-14-10/h2-3,5,8H,4,6-7H2,1H3,(H,15,16). The summed E-state index contributed by atoms with van der Waals surface area (Å²) in [5.41, 5.74) is 0.408. The Morgan fingerprint density at radius 1 is 1.65 bits per heavy atom. The van der Waals surface area contributed by atoms with Gasteiger partial charge in [0, 0.05) is 29.2 Å². The minimum Gasteiger partial charge on any atom is -0.384 e. The maximum atomic E-state index is 11.8. The maximum Gasteiger partial charge on any atom is 0.271 e. The summed E-state index contributed by atoms with van der Waals surface area (Å²) in [6.07, 6.45) is 2.40. The Morgan fingerprint density at radius 3 is 3.06 bits per heavy atom. The van der Waals surface area contributed by atoms with Crippen LogP contribution in [0.4, 0.5) is 0 Å². The molecule has 0 spiro atoms. The number of hydrogen-bond acceptors (Lipinski definition) is 3. The normalized spacial score (nSPS) is 12.2. The van der Waals surface area contributed by atoms with Crippen molar-refractivity contribution < 1.29 is 9.53 Å². The summed E-state index contributed by atoms with van der Waals surface area (Å²) < 4.78 is 5.68. The first-order valence-electron chi connectivity index (χ1n) is 5.17. The number of methoxy groups -OCH3 is 1. The monoisotopic (exact) mass is 364 g/mol. The van der Waals surface area contributed by atoms with E-state index < -0.39 is 0 Å². The zero-order valence-corrected chi connectivity index (χ0v) is 12.6. The number of halogens is 2. The predicted molar refractivity (Wildman–Crippen MR) is 73.5 cm³/mol. The number of nitrogens with zero attached hydrogens (tertiary/aromatic N) is 1. The molecule has 4 nitrogen and oxygen atoms in total. The molecule has 0 saturated carbocycles. The largest absolute Gasteiger partial charge is 0.384 e. The van der Waals surface area contributed by atoms with Crippen LogP contribution < -0.4 is 5.32 Å². The quantitative estimate of drug-likeness (QED) is 0.787. The highest BCUT2D eigenvalue weighted by Crippen LogP contribution is 2.13. The van der Waals surface area contributed by atoms with Crippen molar-refractivity contribution in [3.05, 3.63) is 28.5 Å². The van der Waals surface area contributed by atoms with E-state index in [1.807, 2.05) is 0 Å². The topological polar surface area (TPSA) is 51.2 Å². The van der Waals surface area contributed by atoms with Gasteiger partial charge in [-0.3, -0.25) is 4.79 Å². The SMILES string of the molecule is COCC(Br)CCNC(=O)c1ncccc1Br. The van der Waals surface area contributed by atoms with E-state index in [-0.39, 0.29) is 10.7 Å². The van der Waals surface area contributed by atoms with Gasteiger partial charge in [-0.15, -0.1) is 0 Å². The van der Waals surface area contributed by atoms with Crippen molar-refractivity contribution in [3.8, 4) is 0 Å². The molecular formula is C11H14Br2N2O2. The molecular weight excluding hydrogens is 352 g/mol. The average molecular weight is 366 g/mol. The van der Waals surface area contributed by atoms with Gasteiger partial charge < -0.3 is 10.1 Å². The first kappa shape index (κ1) is 14.6. The van der Waals surface area contributed by atoms with Crippen molar-refractivity contribution in [3.63, 3.8) is 0 Å². The van der Waals surface area contributed by atoms with Crippen molar-refractivity contribution in [1.29, 1.82) is 0 Å². The number of alkyl halides is 1. The number of carbonyl (C=O) groups excluding carboxylic acids is 1. The second kappa shape index (κ2) is 7.79. The molecule has 0 aliphatic carbocycles. The van der Waals surface area contributed by atoms with E-state index in [0.29, 0.717) is 23.3 Å². The molecule has 17 heavy (non-hydrogen) atoms. The molecule has 1 aromatic rings. The summed E-state index contributed by atoms with van der Waals surface area (Å²) in [7, 11) is 1.65. The first-order valence-corrected chi connectivity index (χ1v) is 6.87. The molecule has 6 heteroatoms. The molecule has 1 atom stereocenters. The Kier molecular flexibility index (Phi) is 6.69. The van der Waals surface area contributed by atoms with Crippen LogP contribution in [0.25, 0.3) is 0 Å². The average Bonchev–Trinajstić information content (AvgIpc) is 2.29. The summed E-state index contributed by atoms with van der Waals surface area (Å²) >= 11 is 6.75. The fourth-order valence-electron chi connectivity index (χ4n) is 1.24. The number of pyridine rings is 1. The molecule has 0 fully saturated rings. The lowest BCUT2D eigenvalue weighted by atomic mass is 10.3. The summed E-state index contributed by atoms with van der Waals surface area (Å²) in [5, 5.41) is 2.81. The van der Waals surface area contributed by atoms with Crippen LogP contribution in [0.15, 0.2) is 22.8 Å². The zero-order chi connectivity index (χ0) is 12.7. The lowest BCUT2D eigenvalue weighted by molar-refractivity contribution is 0.0946. The van der Waals surface area contributed by atoms with Crippen LogP contribution in [-0.4, -0.2) is 36.0 Å². The Morgan fingerprint density at radius 2 is 2.41 bits per heavy atom. The van der Waals surface area contributed by atoms with E-state index in [2.05, 4.69) is 42.2 Å². The summed E-state index contributed by atoms with van der Waals surface area (Å²) in [4.78, 5) is 16.0. The first-order chi connectivity index (χ1) is 8.15. The van der Waals surface area contributed by atoms with Crippen LogP contribution in [0.2, 0.25) is 0 Å². The Hall–Kier alpha value is -0.460. The molecule has 1 unspecified atom stereocenters. The van der Waals surface area contributed by atoms with Gasteiger partial charge in [0.1, 0.15) is 5.69 Å². The van der Waals surface area contributed by atoms with E-state index in [0.717, 1.165) is 6.42 Å². The third-order valence-corrected chi connectivity index (χ3v) is 3.43. The number of aromatic nitrogens is 1. The summed E-state index contributed by atoms with van der Waals surface area (Å²) in [6.45, 7) is 1.21. The molecule has 94 valence electrons. The molecule has 1 aromatic heterocycles. The number of rotatable bonds is 6. The van der Waals surface area contributed by atoms with Crippen LogP contribution >= 0.6 is 31.9 Å². The number of carbonyl (C=O) groups is 1. The Balaban J connectivity index is 2.38.